The summed E-state index contributed by atoms with van der Waals surface area (Å²) in [6.07, 6.45) is 1.80. The summed E-state index contributed by atoms with van der Waals surface area (Å²) in [6.45, 7) is 9.74. The van der Waals surface area contributed by atoms with Gasteiger partial charge in [0.15, 0.2) is 0 Å². The second-order valence-electron chi connectivity index (χ2n) is 6.03. The minimum absolute atomic E-state index is 0.255. The molecule has 1 saturated heterocycles. The fourth-order valence-corrected chi connectivity index (χ4v) is 2.58. The third-order valence-electron chi connectivity index (χ3n) is 3.98. The maximum atomic E-state index is 12.0. The molecule has 20 heavy (non-hydrogen) atoms. The van der Waals surface area contributed by atoms with Gasteiger partial charge < -0.3 is 14.6 Å². The summed E-state index contributed by atoms with van der Waals surface area (Å²) in [5.74, 6) is 3.14. The summed E-state index contributed by atoms with van der Waals surface area (Å²) < 4.78 is 5.78. The summed E-state index contributed by atoms with van der Waals surface area (Å²) in [4.78, 5) is 13.9. The van der Waals surface area contributed by atoms with Crippen LogP contribution in [0.1, 0.15) is 45.1 Å². The summed E-state index contributed by atoms with van der Waals surface area (Å²) in [5.41, 5.74) is 0. The van der Waals surface area contributed by atoms with E-state index in [-0.39, 0.29) is 5.91 Å². The highest BCUT2D eigenvalue weighted by atomic mass is 16.3. The van der Waals surface area contributed by atoms with Crippen molar-refractivity contribution in [3.05, 3.63) is 23.7 Å². The average molecular weight is 278 g/mol. The predicted molar refractivity (Wildman–Crippen MR) is 79.1 cm³/mol. The van der Waals surface area contributed by atoms with Gasteiger partial charge in [-0.05, 0) is 36.9 Å². The molecule has 1 unspecified atom stereocenters. The minimum atomic E-state index is 0.255. The van der Waals surface area contributed by atoms with Crippen LogP contribution >= 0.6 is 0 Å². The van der Waals surface area contributed by atoms with Crippen molar-refractivity contribution in [3.8, 4) is 0 Å². The van der Waals surface area contributed by atoms with Gasteiger partial charge in [-0.25, -0.2) is 0 Å². The zero-order valence-electron chi connectivity index (χ0n) is 12.8. The molecule has 1 N–H and O–H groups in total. The van der Waals surface area contributed by atoms with Crippen molar-refractivity contribution < 1.29 is 9.21 Å². The second kappa shape index (κ2) is 6.93. The predicted octanol–water partition coefficient (Wildman–Crippen LogP) is 2.78. The van der Waals surface area contributed by atoms with Gasteiger partial charge in [-0.2, -0.15) is 0 Å². The molecule has 1 atom stereocenters. The largest absolute Gasteiger partial charge is 0.463 e. The van der Waals surface area contributed by atoms with Crippen molar-refractivity contribution in [3.63, 3.8) is 0 Å². The molecule has 1 aromatic rings. The Morgan fingerprint density at radius 1 is 1.40 bits per heavy atom. The molecule has 1 aliphatic rings. The number of hydrogen-bond acceptors (Lipinski definition) is 3. The van der Waals surface area contributed by atoms with E-state index in [0.717, 1.165) is 37.6 Å². The molecule has 2 rings (SSSR count). The smallest absolute Gasteiger partial charge is 0.223 e. The number of amides is 1. The van der Waals surface area contributed by atoms with Crippen LogP contribution in [0.25, 0.3) is 0 Å². The molecule has 1 aliphatic heterocycles. The summed E-state index contributed by atoms with van der Waals surface area (Å²) in [5, 5.41) is 3.31. The Hall–Kier alpha value is -1.29. The van der Waals surface area contributed by atoms with Crippen LogP contribution in [0.5, 0.6) is 0 Å². The first kappa shape index (κ1) is 15.1. The highest BCUT2D eigenvalue weighted by Gasteiger charge is 2.31. The van der Waals surface area contributed by atoms with E-state index in [0.29, 0.717) is 24.8 Å². The van der Waals surface area contributed by atoms with Gasteiger partial charge in [-0.15, -0.1) is 0 Å². The molecule has 0 saturated carbocycles. The van der Waals surface area contributed by atoms with E-state index in [1.165, 1.54) is 0 Å². The molecular weight excluding hydrogens is 252 g/mol. The number of hydrogen-bond donors (Lipinski definition) is 1. The topological polar surface area (TPSA) is 45.5 Å². The van der Waals surface area contributed by atoms with Gasteiger partial charge in [0.25, 0.3) is 0 Å². The van der Waals surface area contributed by atoms with E-state index in [2.05, 4.69) is 26.1 Å². The Bertz CT molecular complexity index is 439. The highest BCUT2D eigenvalue weighted by Crippen LogP contribution is 2.26. The fourth-order valence-electron chi connectivity index (χ4n) is 2.58. The Kier molecular flexibility index (Phi) is 5.24. The number of nitrogens with zero attached hydrogens (tertiary/aromatic N) is 1. The zero-order chi connectivity index (χ0) is 14.5. The van der Waals surface area contributed by atoms with Crippen LogP contribution in [0.4, 0.5) is 0 Å². The average Bonchev–Trinajstić information content (AvgIpc) is 2.98. The first-order valence-electron chi connectivity index (χ1n) is 7.66. The van der Waals surface area contributed by atoms with Crippen LogP contribution in [0.3, 0.4) is 0 Å². The molecule has 0 spiro atoms. The fraction of sp³-hybridized carbons (Fsp3) is 0.688. The lowest BCUT2D eigenvalue weighted by atomic mass is 9.95. The molecule has 1 aromatic heterocycles. The van der Waals surface area contributed by atoms with Crippen LogP contribution in [0, 0.1) is 11.8 Å². The van der Waals surface area contributed by atoms with Crippen LogP contribution in [0.15, 0.2) is 16.5 Å². The van der Waals surface area contributed by atoms with Gasteiger partial charge in [0.2, 0.25) is 5.91 Å². The van der Waals surface area contributed by atoms with Crippen LogP contribution in [-0.4, -0.2) is 23.9 Å². The molecule has 112 valence electrons. The number of furan rings is 1. The van der Waals surface area contributed by atoms with Gasteiger partial charge in [-0.1, -0.05) is 20.8 Å². The van der Waals surface area contributed by atoms with Gasteiger partial charge in [0, 0.05) is 13.0 Å². The van der Waals surface area contributed by atoms with Crippen molar-refractivity contribution in [2.45, 2.75) is 46.7 Å². The molecule has 4 nitrogen and oxygen atoms in total. The number of likely N-dealkylation sites (tertiary alicyclic amines) is 1. The molecule has 1 amide bonds. The normalized spacial score (nSPS) is 19.3. The van der Waals surface area contributed by atoms with Crippen LogP contribution < -0.4 is 5.32 Å². The van der Waals surface area contributed by atoms with Gasteiger partial charge in [0.05, 0.1) is 13.1 Å². The Morgan fingerprint density at radius 3 is 2.80 bits per heavy atom. The standard InChI is InChI=1S/C16H26N2O2/c1-4-7-17-9-14-5-6-15(20-14)11-18-10-13(12(2)3)8-16(18)19/h5-6,12-13,17H,4,7-11H2,1-3H3. The molecule has 0 bridgehead atoms. The van der Waals surface area contributed by atoms with Crippen molar-refractivity contribution in [1.82, 2.24) is 10.2 Å². The highest BCUT2D eigenvalue weighted by molar-refractivity contribution is 5.78. The second-order valence-corrected chi connectivity index (χ2v) is 6.03. The molecule has 1 fully saturated rings. The maximum Gasteiger partial charge on any atom is 0.223 e. The maximum absolute atomic E-state index is 12.0. The van der Waals surface area contributed by atoms with Crippen molar-refractivity contribution in [1.29, 1.82) is 0 Å². The third kappa shape index (κ3) is 3.85. The Balaban J connectivity index is 1.86. The molecule has 4 heteroatoms. The number of carbonyl (C=O) groups excluding carboxylic acids is 1. The van der Waals surface area contributed by atoms with E-state index in [4.69, 9.17) is 4.42 Å². The van der Waals surface area contributed by atoms with Gasteiger partial charge in [0.1, 0.15) is 11.5 Å². The Morgan fingerprint density at radius 2 is 2.15 bits per heavy atom. The van der Waals surface area contributed by atoms with Crippen molar-refractivity contribution in [2.24, 2.45) is 11.8 Å². The first-order valence-corrected chi connectivity index (χ1v) is 7.66. The lowest BCUT2D eigenvalue weighted by Gasteiger charge is -2.16. The number of nitrogens with one attached hydrogen (secondary N) is 1. The van der Waals surface area contributed by atoms with Crippen LogP contribution in [-0.2, 0) is 17.9 Å². The zero-order valence-corrected chi connectivity index (χ0v) is 12.8. The monoisotopic (exact) mass is 278 g/mol. The summed E-state index contributed by atoms with van der Waals surface area (Å²) in [7, 11) is 0. The van der Waals surface area contributed by atoms with E-state index in [9.17, 15) is 4.79 Å². The number of rotatable bonds is 7. The van der Waals surface area contributed by atoms with Crippen molar-refractivity contribution >= 4 is 5.91 Å². The van der Waals surface area contributed by atoms with Gasteiger partial charge >= 0.3 is 0 Å². The molecule has 0 aliphatic carbocycles. The molecule has 0 radical (unpaired) electrons. The number of carbonyl (C=O) groups is 1. The minimum Gasteiger partial charge on any atom is -0.463 e. The summed E-state index contributed by atoms with van der Waals surface area (Å²) in [6, 6.07) is 3.98. The molecule has 2 heterocycles. The lowest BCUT2D eigenvalue weighted by molar-refractivity contribution is -0.128. The lowest BCUT2D eigenvalue weighted by Crippen LogP contribution is -2.24. The Labute approximate surface area is 121 Å². The van der Waals surface area contributed by atoms with Crippen LogP contribution in [0.2, 0.25) is 0 Å². The quantitative estimate of drug-likeness (QED) is 0.780. The third-order valence-corrected chi connectivity index (χ3v) is 3.98. The van der Waals surface area contributed by atoms with E-state index in [1.807, 2.05) is 17.0 Å². The van der Waals surface area contributed by atoms with E-state index >= 15 is 0 Å². The molecular formula is C16H26N2O2. The van der Waals surface area contributed by atoms with Gasteiger partial charge in [-0.3, -0.25) is 4.79 Å². The first-order chi connectivity index (χ1) is 9.60. The SMILES string of the molecule is CCCNCc1ccc(CN2CC(C(C)C)CC2=O)o1. The molecule has 0 aromatic carbocycles. The van der Waals surface area contributed by atoms with E-state index < -0.39 is 0 Å². The van der Waals surface area contributed by atoms with E-state index in [1.54, 1.807) is 0 Å². The van der Waals surface area contributed by atoms with Crippen molar-refractivity contribution in [2.75, 3.05) is 13.1 Å². The summed E-state index contributed by atoms with van der Waals surface area (Å²) >= 11 is 0.